The van der Waals surface area contributed by atoms with E-state index in [1.807, 2.05) is 4.90 Å². The van der Waals surface area contributed by atoms with Crippen molar-refractivity contribution in [2.45, 2.75) is 19.0 Å². The number of primary amides is 1. The van der Waals surface area contributed by atoms with Crippen molar-refractivity contribution in [3.05, 3.63) is 0 Å². The summed E-state index contributed by atoms with van der Waals surface area (Å²) in [6.45, 7) is 3.84. The van der Waals surface area contributed by atoms with Crippen molar-refractivity contribution in [3.63, 3.8) is 0 Å². The molecule has 2 atom stereocenters. The summed E-state index contributed by atoms with van der Waals surface area (Å²) in [5.74, 6) is -0.373. The summed E-state index contributed by atoms with van der Waals surface area (Å²) in [5, 5.41) is 11.9. The molecule has 2 unspecified atom stereocenters. The molecule has 1 aliphatic heterocycles. The van der Waals surface area contributed by atoms with Crippen LogP contribution in [0.5, 0.6) is 0 Å². The van der Waals surface area contributed by atoms with Gasteiger partial charge in [0.2, 0.25) is 5.91 Å². The predicted octanol–water partition coefficient (Wildman–Crippen LogP) is -1.34. The Labute approximate surface area is 77.5 Å². The van der Waals surface area contributed by atoms with E-state index in [9.17, 15) is 4.79 Å². The monoisotopic (exact) mass is 182 g/mol. The third-order valence-electron chi connectivity index (χ3n) is 2.34. The number of piperazine rings is 1. The highest BCUT2D eigenvalue weighted by atomic mass is 16.1. The molecule has 5 nitrogen and oxygen atoms in total. The number of nitrogens with two attached hydrogens (primary N) is 1. The number of carbonyl (C=O) groups is 1. The number of carbonyl (C=O) groups excluding carboxylic acids is 1. The number of nitrogens with one attached hydrogen (secondary N) is 1. The van der Waals surface area contributed by atoms with Gasteiger partial charge in [0.1, 0.15) is 6.04 Å². The molecule has 0 aromatic carbocycles. The molecule has 1 fully saturated rings. The zero-order valence-corrected chi connectivity index (χ0v) is 7.66. The molecule has 0 aliphatic carbocycles. The number of nitrogens with zero attached hydrogens (tertiary/aromatic N) is 2. The van der Waals surface area contributed by atoms with Gasteiger partial charge in [0, 0.05) is 19.6 Å². The van der Waals surface area contributed by atoms with E-state index in [0.717, 1.165) is 6.54 Å². The standard InChI is InChI=1S/C8H14N4O/c1-6(8(10)13)12-3-2-11-5-7(12)4-9/h6-7,11H,2-3,5H2,1H3,(H2,10,13). The Balaban J connectivity index is 2.65. The van der Waals surface area contributed by atoms with Gasteiger partial charge in [-0.1, -0.05) is 0 Å². The van der Waals surface area contributed by atoms with Gasteiger partial charge in [-0.15, -0.1) is 0 Å². The van der Waals surface area contributed by atoms with Crippen LogP contribution < -0.4 is 11.1 Å². The van der Waals surface area contributed by atoms with Gasteiger partial charge in [-0.05, 0) is 6.92 Å². The molecule has 0 spiro atoms. The van der Waals surface area contributed by atoms with Crippen LogP contribution >= 0.6 is 0 Å². The number of hydrogen-bond donors (Lipinski definition) is 2. The lowest BCUT2D eigenvalue weighted by Crippen LogP contribution is -2.57. The van der Waals surface area contributed by atoms with E-state index in [4.69, 9.17) is 11.0 Å². The fourth-order valence-electron chi connectivity index (χ4n) is 1.47. The normalized spacial score (nSPS) is 26.3. The highest BCUT2D eigenvalue weighted by Gasteiger charge is 2.28. The van der Waals surface area contributed by atoms with E-state index in [2.05, 4.69) is 11.4 Å². The van der Waals surface area contributed by atoms with Crippen LogP contribution in [-0.4, -0.2) is 42.5 Å². The van der Waals surface area contributed by atoms with Crippen molar-refractivity contribution in [2.24, 2.45) is 5.73 Å². The van der Waals surface area contributed by atoms with Crippen LogP contribution in [0.2, 0.25) is 0 Å². The second-order valence-corrected chi connectivity index (χ2v) is 3.17. The highest BCUT2D eigenvalue weighted by Crippen LogP contribution is 2.07. The molecule has 0 aromatic heterocycles. The summed E-state index contributed by atoms with van der Waals surface area (Å²) < 4.78 is 0. The van der Waals surface area contributed by atoms with Gasteiger partial charge in [-0.25, -0.2) is 0 Å². The third kappa shape index (κ3) is 2.17. The lowest BCUT2D eigenvalue weighted by molar-refractivity contribution is -0.123. The Kier molecular flexibility index (Phi) is 3.23. The first-order chi connectivity index (χ1) is 6.16. The second kappa shape index (κ2) is 4.21. The van der Waals surface area contributed by atoms with Crippen LogP contribution in [0, 0.1) is 11.3 Å². The van der Waals surface area contributed by atoms with Gasteiger partial charge in [0.25, 0.3) is 0 Å². The zero-order chi connectivity index (χ0) is 9.84. The fraction of sp³-hybridized carbons (Fsp3) is 0.750. The minimum Gasteiger partial charge on any atom is -0.368 e. The average Bonchev–Trinajstić information content (AvgIpc) is 2.16. The quantitative estimate of drug-likeness (QED) is 0.553. The maximum Gasteiger partial charge on any atom is 0.234 e. The number of rotatable bonds is 2. The van der Waals surface area contributed by atoms with Crippen LogP contribution in [0.25, 0.3) is 0 Å². The SMILES string of the molecule is CC(C(N)=O)N1CCNCC1C#N. The van der Waals surface area contributed by atoms with Crippen LogP contribution in [0.4, 0.5) is 0 Å². The zero-order valence-electron chi connectivity index (χ0n) is 7.66. The Hall–Kier alpha value is -1.12. The third-order valence-corrected chi connectivity index (χ3v) is 2.34. The molecular formula is C8H14N4O. The molecule has 0 bridgehead atoms. The summed E-state index contributed by atoms with van der Waals surface area (Å²) in [5.41, 5.74) is 5.17. The van der Waals surface area contributed by atoms with Crippen LogP contribution in [0.15, 0.2) is 0 Å². The summed E-state index contributed by atoms with van der Waals surface area (Å²) in [4.78, 5) is 12.7. The van der Waals surface area contributed by atoms with Crippen molar-refractivity contribution in [1.29, 1.82) is 5.26 Å². The molecule has 1 rings (SSSR count). The average molecular weight is 182 g/mol. The Morgan fingerprint density at radius 2 is 2.54 bits per heavy atom. The highest BCUT2D eigenvalue weighted by molar-refractivity contribution is 5.79. The minimum atomic E-state index is -0.373. The molecule has 1 saturated heterocycles. The molecule has 0 aromatic rings. The molecule has 0 radical (unpaired) electrons. The molecule has 72 valence electrons. The van der Waals surface area contributed by atoms with Crippen molar-refractivity contribution < 1.29 is 4.79 Å². The number of hydrogen-bond acceptors (Lipinski definition) is 4. The first-order valence-electron chi connectivity index (χ1n) is 4.32. The van der Waals surface area contributed by atoms with Gasteiger partial charge in [-0.3, -0.25) is 9.69 Å². The van der Waals surface area contributed by atoms with Crippen LogP contribution in [0.3, 0.4) is 0 Å². The molecule has 1 aliphatic rings. The van der Waals surface area contributed by atoms with E-state index in [0.29, 0.717) is 13.1 Å². The van der Waals surface area contributed by atoms with Crippen molar-refractivity contribution >= 4 is 5.91 Å². The van der Waals surface area contributed by atoms with Gasteiger partial charge in [0.05, 0.1) is 12.1 Å². The minimum absolute atomic E-state index is 0.240. The maximum absolute atomic E-state index is 10.9. The number of nitriles is 1. The summed E-state index contributed by atoms with van der Waals surface area (Å²) in [7, 11) is 0. The van der Waals surface area contributed by atoms with Gasteiger partial charge in [-0.2, -0.15) is 5.26 Å². The Morgan fingerprint density at radius 1 is 1.85 bits per heavy atom. The molecule has 0 saturated carbocycles. The van der Waals surface area contributed by atoms with E-state index in [1.54, 1.807) is 6.92 Å². The molecule has 13 heavy (non-hydrogen) atoms. The first-order valence-corrected chi connectivity index (χ1v) is 4.32. The van der Waals surface area contributed by atoms with Crippen molar-refractivity contribution in [1.82, 2.24) is 10.2 Å². The summed E-state index contributed by atoms with van der Waals surface area (Å²) in [6.07, 6.45) is 0. The van der Waals surface area contributed by atoms with Crippen molar-refractivity contribution in [2.75, 3.05) is 19.6 Å². The molecular weight excluding hydrogens is 168 g/mol. The summed E-state index contributed by atoms with van der Waals surface area (Å²) >= 11 is 0. The lowest BCUT2D eigenvalue weighted by atomic mass is 10.1. The Morgan fingerprint density at radius 3 is 3.08 bits per heavy atom. The van der Waals surface area contributed by atoms with Gasteiger partial charge in [0.15, 0.2) is 0 Å². The first kappa shape index (κ1) is 9.96. The predicted molar refractivity (Wildman–Crippen MR) is 47.6 cm³/mol. The Bertz CT molecular complexity index is 235. The van der Waals surface area contributed by atoms with E-state index in [-0.39, 0.29) is 18.0 Å². The molecule has 1 heterocycles. The van der Waals surface area contributed by atoms with E-state index < -0.39 is 0 Å². The van der Waals surface area contributed by atoms with E-state index in [1.165, 1.54) is 0 Å². The molecule has 5 heteroatoms. The second-order valence-electron chi connectivity index (χ2n) is 3.17. The van der Waals surface area contributed by atoms with Crippen LogP contribution in [0.1, 0.15) is 6.92 Å². The smallest absolute Gasteiger partial charge is 0.234 e. The summed E-state index contributed by atoms with van der Waals surface area (Å²) in [6, 6.07) is 1.55. The molecule has 3 N–H and O–H groups in total. The van der Waals surface area contributed by atoms with Crippen LogP contribution in [-0.2, 0) is 4.79 Å². The topological polar surface area (TPSA) is 82.2 Å². The van der Waals surface area contributed by atoms with Gasteiger partial charge < -0.3 is 11.1 Å². The van der Waals surface area contributed by atoms with Crippen molar-refractivity contribution in [3.8, 4) is 6.07 Å². The van der Waals surface area contributed by atoms with Gasteiger partial charge >= 0.3 is 0 Å². The van der Waals surface area contributed by atoms with E-state index >= 15 is 0 Å². The number of amides is 1. The fourth-order valence-corrected chi connectivity index (χ4v) is 1.47. The maximum atomic E-state index is 10.9. The molecule has 1 amide bonds. The largest absolute Gasteiger partial charge is 0.368 e. The lowest BCUT2D eigenvalue weighted by Gasteiger charge is -2.34.